The Bertz CT molecular complexity index is 1410. The minimum atomic E-state index is -0.780. The van der Waals surface area contributed by atoms with Gasteiger partial charge in [0.1, 0.15) is 13.2 Å². The molecular weight excluding hydrogens is 1010 g/mol. The first-order valence-electron chi connectivity index (χ1n) is 36.6. The number of carbonyl (C=O) groups excluding carboxylic acids is 3. The molecule has 480 valence electrons. The molecule has 0 radical (unpaired) electrons. The molecule has 6 heteroatoms. The van der Waals surface area contributed by atoms with Crippen LogP contribution >= 0.6 is 0 Å². The van der Waals surface area contributed by atoms with E-state index in [1.54, 1.807) is 0 Å². The molecule has 0 fully saturated rings. The van der Waals surface area contributed by atoms with Crippen molar-refractivity contribution in [3.8, 4) is 0 Å². The van der Waals surface area contributed by atoms with Crippen molar-refractivity contribution in [3.05, 3.63) is 48.6 Å². The molecule has 1 atom stereocenters. The lowest BCUT2D eigenvalue weighted by Crippen LogP contribution is -2.30. The number of hydrogen-bond acceptors (Lipinski definition) is 6. The van der Waals surface area contributed by atoms with Gasteiger partial charge in [-0.05, 0) is 103 Å². The molecular formula is C76H140O6. The van der Waals surface area contributed by atoms with Crippen LogP contribution in [0, 0.1) is 0 Å². The van der Waals surface area contributed by atoms with E-state index in [4.69, 9.17) is 14.2 Å². The second kappa shape index (κ2) is 70.9. The number of hydrogen-bond donors (Lipinski definition) is 0. The van der Waals surface area contributed by atoms with Crippen molar-refractivity contribution < 1.29 is 28.6 Å². The van der Waals surface area contributed by atoms with Crippen LogP contribution in [0.25, 0.3) is 0 Å². The van der Waals surface area contributed by atoms with Crippen molar-refractivity contribution in [1.82, 2.24) is 0 Å². The maximum absolute atomic E-state index is 12.9. The lowest BCUT2D eigenvalue weighted by molar-refractivity contribution is -0.167. The number of esters is 3. The van der Waals surface area contributed by atoms with E-state index in [1.807, 2.05) is 0 Å². The Balaban J connectivity index is 4.13. The average Bonchev–Trinajstić information content (AvgIpc) is 3.47. The molecule has 82 heavy (non-hydrogen) atoms. The number of ether oxygens (including phenoxy) is 3. The lowest BCUT2D eigenvalue weighted by Gasteiger charge is -2.18. The zero-order chi connectivity index (χ0) is 59.2. The van der Waals surface area contributed by atoms with Gasteiger partial charge in [-0.15, -0.1) is 0 Å². The standard InChI is InChI=1S/C76H140O6/c1-4-7-10-13-16-19-22-25-27-29-31-32-33-34-35-36-37-38-39-40-41-42-43-44-45-47-48-51-54-57-60-63-66-69-75(78)81-72-73(71-80-74(77)68-65-62-59-56-53-50-24-21-18-15-12-9-6-3)82-76(79)70-67-64-61-58-55-52-49-46-30-28-26-23-20-17-14-11-8-5-2/h20-21,23-24,28-31,73H,4-19,22,25-27,32-72H2,1-3H3/b23-20-,24-21-,30-28-,31-29-. The molecule has 0 amide bonds. The van der Waals surface area contributed by atoms with Crippen LogP contribution in [-0.2, 0) is 28.6 Å². The summed E-state index contributed by atoms with van der Waals surface area (Å²) >= 11 is 0. The van der Waals surface area contributed by atoms with Gasteiger partial charge in [0.25, 0.3) is 0 Å². The molecule has 0 aromatic rings. The molecule has 1 unspecified atom stereocenters. The van der Waals surface area contributed by atoms with E-state index in [0.29, 0.717) is 19.3 Å². The van der Waals surface area contributed by atoms with Crippen molar-refractivity contribution in [2.75, 3.05) is 13.2 Å². The van der Waals surface area contributed by atoms with Gasteiger partial charge < -0.3 is 14.2 Å². The predicted octanol–water partition coefficient (Wildman–Crippen LogP) is 25.3. The average molecular weight is 1150 g/mol. The second-order valence-corrected chi connectivity index (χ2v) is 24.8. The second-order valence-electron chi connectivity index (χ2n) is 24.8. The summed E-state index contributed by atoms with van der Waals surface area (Å²) in [6, 6.07) is 0. The topological polar surface area (TPSA) is 78.9 Å². The highest BCUT2D eigenvalue weighted by Crippen LogP contribution is 2.18. The zero-order valence-electron chi connectivity index (χ0n) is 55.3. The molecule has 0 aliphatic rings. The molecule has 0 heterocycles. The summed E-state index contributed by atoms with van der Waals surface area (Å²) in [7, 11) is 0. The Morgan fingerprint density at radius 3 is 0.695 bits per heavy atom. The van der Waals surface area contributed by atoms with Gasteiger partial charge in [-0.1, -0.05) is 326 Å². The van der Waals surface area contributed by atoms with Gasteiger partial charge >= 0.3 is 17.9 Å². The minimum absolute atomic E-state index is 0.0750. The molecule has 0 saturated carbocycles. The van der Waals surface area contributed by atoms with Crippen LogP contribution in [0.5, 0.6) is 0 Å². The van der Waals surface area contributed by atoms with Crippen LogP contribution in [-0.4, -0.2) is 37.2 Å². The van der Waals surface area contributed by atoms with E-state index < -0.39 is 6.10 Å². The third-order valence-corrected chi connectivity index (χ3v) is 16.5. The van der Waals surface area contributed by atoms with Crippen molar-refractivity contribution in [2.24, 2.45) is 0 Å². The lowest BCUT2D eigenvalue weighted by atomic mass is 10.0. The Kier molecular flexibility index (Phi) is 68.6. The summed E-state index contributed by atoms with van der Waals surface area (Å²) < 4.78 is 17.0. The van der Waals surface area contributed by atoms with Gasteiger partial charge in [0.15, 0.2) is 6.10 Å². The van der Waals surface area contributed by atoms with E-state index >= 15 is 0 Å². The molecule has 0 bridgehead atoms. The van der Waals surface area contributed by atoms with Gasteiger partial charge in [-0.25, -0.2) is 0 Å². The van der Waals surface area contributed by atoms with E-state index in [9.17, 15) is 14.4 Å². The summed E-state index contributed by atoms with van der Waals surface area (Å²) in [6.45, 7) is 6.66. The van der Waals surface area contributed by atoms with E-state index in [-0.39, 0.29) is 31.1 Å². The fourth-order valence-corrected chi connectivity index (χ4v) is 11.0. The predicted molar refractivity (Wildman–Crippen MR) is 358 cm³/mol. The maximum Gasteiger partial charge on any atom is 0.306 e. The maximum atomic E-state index is 12.9. The first kappa shape index (κ1) is 79.4. The first-order chi connectivity index (χ1) is 40.5. The number of rotatable bonds is 68. The molecule has 0 aromatic heterocycles. The van der Waals surface area contributed by atoms with Crippen LogP contribution in [0.4, 0.5) is 0 Å². The van der Waals surface area contributed by atoms with E-state index in [2.05, 4.69) is 69.4 Å². The smallest absolute Gasteiger partial charge is 0.306 e. The van der Waals surface area contributed by atoms with Gasteiger partial charge in [0.2, 0.25) is 0 Å². The quantitative estimate of drug-likeness (QED) is 0.0261. The molecule has 0 aliphatic heterocycles. The largest absolute Gasteiger partial charge is 0.462 e. The van der Waals surface area contributed by atoms with E-state index in [0.717, 1.165) is 77.0 Å². The Hall–Kier alpha value is -2.63. The molecule has 6 nitrogen and oxygen atoms in total. The first-order valence-corrected chi connectivity index (χ1v) is 36.6. The van der Waals surface area contributed by atoms with Crippen LogP contribution in [0.2, 0.25) is 0 Å². The minimum Gasteiger partial charge on any atom is -0.462 e. The third kappa shape index (κ3) is 68.2. The number of carbonyl (C=O) groups is 3. The van der Waals surface area contributed by atoms with Gasteiger partial charge in [-0.2, -0.15) is 0 Å². The fraction of sp³-hybridized carbons (Fsp3) is 0.855. The molecule has 0 spiro atoms. The summed E-state index contributed by atoms with van der Waals surface area (Å²) in [6.07, 6.45) is 90.2. The van der Waals surface area contributed by atoms with Crippen LogP contribution in [0.3, 0.4) is 0 Å². The van der Waals surface area contributed by atoms with Crippen molar-refractivity contribution in [1.29, 1.82) is 0 Å². The fourth-order valence-electron chi connectivity index (χ4n) is 11.0. The monoisotopic (exact) mass is 1150 g/mol. The Morgan fingerprint density at radius 1 is 0.244 bits per heavy atom. The molecule has 0 aliphatic carbocycles. The molecule has 0 rings (SSSR count). The SMILES string of the molecule is CCCCCC/C=C\C/C=C\CCCCCCCCCC(=O)OC(COC(=O)CCCCCCC/C=C\CCCCCC)COC(=O)CCCCCCCCCCCCCCCCCCCCCCC/C=C\CCCCCCCCCC. The Labute approximate surface area is 511 Å². The van der Waals surface area contributed by atoms with Gasteiger partial charge in [-0.3, -0.25) is 14.4 Å². The zero-order valence-corrected chi connectivity index (χ0v) is 55.3. The highest BCUT2D eigenvalue weighted by Gasteiger charge is 2.19. The van der Waals surface area contributed by atoms with Gasteiger partial charge in [0.05, 0.1) is 0 Å². The van der Waals surface area contributed by atoms with Crippen LogP contribution in [0.1, 0.15) is 400 Å². The summed E-state index contributed by atoms with van der Waals surface area (Å²) in [5, 5.41) is 0. The third-order valence-electron chi connectivity index (χ3n) is 16.5. The summed E-state index contributed by atoms with van der Waals surface area (Å²) in [5.41, 5.74) is 0. The van der Waals surface area contributed by atoms with Crippen molar-refractivity contribution >= 4 is 17.9 Å². The molecule has 0 saturated heterocycles. The highest BCUT2D eigenvalue weighted by atomic mass is 16.6. The van der Waals surface area contributed by atoms with Crippen LogP contribution < -0.4 is 0 Å². The van der Waals surface area contributed by atoms with Crippen molar-refractivity contribution in [3.63, 3.8) is 0 Å². The van der Waals surface area contributed by atoms with Crippen molar-refractivity contribution in [2.45, 2.75) is 406 Å². The Morgan fingerprint density at radius 2 is 0.439 bits per heavy atom. The summed E-state index contributed by atoms with van der Waals surface area (Å²) in [4.78, 5) is 38.4. The highest BCUT2D eigenvalue weighted by molar-refractivity contribution is 5.71. The van der Waals surface area contributed by atoms with Gasteiger partial charge in [0, 0.05) is 19.3 Å². The number of unbranched alkanes of at least 4 members (excludes halogenated alkanes) is 49. The summed E-state index contributed by atoms with van der Waals surface area (Å²) in [5.74, 6) is -0.868. The normalized spacial score (nSPS) is 12.3. The van der Waals surface area contributed by atoms with Crippen LogP contribution in [0.15, 0.2) is 48.6 Å². The number of allylic oxidation sites excluding steroid dienone is 8. The molecule has 0 aromatic carbocycles. The van der Waals surface area contributed by atoms with E-state index in [1.165, 1.54) is 283 Å². The molecule has 0 N–H and O–H groups in total.